The molecule has 0 aliphatic carbocycles. The fraction of sp³-hybridized carbons (Fsp3) is 0.261. The van der Waals surface area contributed by atoms with E-state index in [4.69, 9.17) is 32.0 Å². The van der Waals surface area contributed by atoms with Gasteiger partial charge in [-0.05, 0) is 30.2 Å². The predicted molar refractivity (Wildman–Crippen MR) is 120 cm³/mol. The number of unbranched alkanes of at least 4 members (excludes halogenated alkanes) is 2. The number of aromatic nitrogens is 3. The molecule has 0 saturated carbocycles. The standard InChI is InChI=1S/C23H23ClN4O2/c1-2-3-8-13-30-23(29)19-20-22(27-18-12-7-6-11-17(18)26-20)28(21(19)25)14-15-9-4-5-10-16(15)24/h4-7,9-12H,2-3,8,13-14,25H2,1H3. The third kappa shape index (κ3) is 3.83. The number of nitrogens with zero attached hydrogens (tertiary/aromatic N) is 3. The Balaban J connectivity index is 1.83. The van der Waals surface area contributed by atoms with E-state index in [1.165, 1.54) is 0 Å². The minimum Gasteiger partial charge on any atom is -0.462 e. The molecule has 0 saturated heterocycles. The van der Waals surface area contributed by atoms with Gasteiger partial charge >= 0.3 is 5.97 Å². The summed E-state index contributed by atoms with van der Waals surface area (Å²) >= 11 is 6.36. The van der Waals surface area contributed by atoms with E-state index in [1.54, 1.807) is 4.57 Å². The van der Waals surface area contributed by atoms with Gasteiger partial charge in [0.05, 0.1) is 24.2 Å². The summed E-state index contributed by atoms with van der Waals surface area (Å²) in [6.45, 7) is 2.82. The molecule has 2 aromatic heterocycles. The Hall–Kier alpha value is -3.12. The Morgan fingerprint density at radius 2 is 1.77 bits per heavy atom. The number of hydrogen-bond acceptors (Lipinski definition) is 5. The molecule has 0 bridgehead atoms. The van der Waals surface area contributed by atoms with Gasteiger partial charge in [0.2, 0.25) is 0 Å². The van der Waals surface area contributed by atoms with E-state index in [2.05, 4.69) is 6.92 Å². The summed E-state index contributed by atoms with van der Waals surface area (Å²) in [6, 6.07) is 15.1. The molecule has 0 fully saturated rings. The first-order valence-corrected chi connectivity index (χ1v) is 10.4. The molecule has 0 aliphatic heterocycles. The molecule has 0 unspecified atom stereocenters. The Kier molecular flexibility index (Phi) is 5.86. The van der Waals surface area contributed by atoms with E-state index >= 15 is 0 Å². The molecule has 6 nitrogen and oxygen atoms in total. The quantitative estimate of drug-likeness (QED) is 0.326. The minimum absolute atomic E-state index is 0.256. The second-order valence-corrected chi connectivity index (χ2v) is 7.57. The first-order valence-electron chi connectivity index (χ1n) is 10.0. The third-order valence-corrected chi connectivity index (χ3v) is 5.43. The molecule has 4 aromatic rings. The molecule has 0 radical (unpaired) electrons. The van der Waals surface area contributed by atoms with Crippen LogP contribution in [0.5, 0.6) is 0 Å². The van der Waals surface area contributed by atoms with E-state index in [9.17, 15) is 4.79 Å². The van der Waals surface area contributed by atoms with E-state index in [1.807, 2.05) is 48.5 Å². The van der Waals surface area contributed by atoms with Gasteiger partial charge in [0, 0.05) is 5.02 Å². The number of fused-ring (bicyclic) bond motifs is 2. The molecule has 0 amide bonds. The van der Waals surface area contributed by atoms with Gasteiger partial charge in [-0.15, -0.1) is 0 Å². The molecule has 0 atom stereocenters. The normalized spacial score (nSPS) is 11.3. The zero-order chi connectivity index (χ0) is 21.1. The SMILES string of the molecule is CCCCCOC(=O)c1c(N)n(Cc2ccccc2Cl)c2nc3ccccc3nc12. The van der Waals surface area contributed by atoms with Crippen LogP contribution in [-0.2, 0) is 11.3 Å². The number of benzene rings is 2. The van der Waals surface area contributed by atoms with Crippen LogP contribution in [0.4, 0.5) is 5.82 Å². The molecule has 2 N–H and O–H groups in total. The van der Waals surface area contributed by atoms with Crippen LogP contribution in [-0.4, -0.2) is 27.1 Å². The lowest BCUT2D eigenvalue weighted by molar-refractivity contribution is 0.0501. The molecule has 0 aliphatic rings. The van der Waals surface area contributed by atoms with Crippen molar-refractivity contribution in [3.63, 3.8) is 0 Å². The van der Waals surface area contributed by atoms with Crippen LogP contribution in [0.1, 0.15) is 42.1 Å². The highest BCUT2D eigenvalue weighted by Crippen LogP contribution is 2.30. The number of carbonyl (C=O) groups is 1. The molecule has 7 heteroatoms. The van der Waals surface area contributed by atoms with Gasteiger partial charge in [0.1, 0.15) is 16.9 Å². The number of para-hydroxylation sites is 2. The molecule has 2 heterocycles. The lowest BCUT2D eigenvalue weighted by Crippen LogP contribution is -2.11. The number of carbonyl (C=O) groups excluding carboxylic acids is 1. The Bertz CT molecular complexity index is 1220. The Morgan fingerprint density at radius 1 is 1.07 bits per heavy atom. The first-order chi connectivity index (χ1) is 14.6. The highest BCUT2D eigenvalue weighted by molar-refractivity contribution is 6.31. The second-order valence-electron chi connectivity index (χ2n) is 7.17. The van der Waals surface area contributed by atoms with Crippen LogP contribution in [0.3, 0.4) is 0 Å². The van der Waals surface area contributed by atoms with Crippen LogP contribution < -0.4 is 5.73 Å². The number of esters is 1. The van der Waals surface area contributed by atoms with Crippen molar-refractivity contribution in [1.29, 1.82) is 0 Å². The molecular weight excluding hydrogens is 400 g/mol. The van der Waals surface area contributed by atoms with Gasteiger partial charge in [-0.1, -0.05) is 61.7 Å². The topological polar surface area (TPSA) is 83.0 Å². The average Bonchev–Trinajstić information content (AvgIpc) is 3.01. The van der Waals surface area contributed by atoms with Gasteiger partial charge in [0.25, 0.3) is 0 Å². The summed E-state index contributed by atoms with van der Waals surface area (Å²) in [5, 5.41) is 0.621. The van der Waals surface area contributed by atoms with Crippen LogP contribution in [0.15, 0.2) is 48.5 Å². The second kappa shape index (κ2) is 8.71. The van der Waals surface area contributed by atoms with E-state index in [0.717, 1.165) is 30.3 Å². The highest BCUT2D eigenvalue weighted by Gasteiger charge is 2.25. The molecule has 0 spiro atoms. The number of halogens is 1. The number of anilines is 1. The molecule has 2 aromatic carbocycles. The summed E-state index contributed by atoms with van der Waals surface area (Å²) in [6.07, 6.45) is 2.87. The van der Waals surface area contributed by atoms with Crippen LogP contribution in [0.2, 0.25) is 5.02 Å². The van der Waals surface area contributed by atoms with Crippen molar-refractivity contribution in [2.24, 2.45) is 0 Å². The summed E-state index contributed by atoms with van der Waals surface area (Å²) in [4.78, 5) is 22.3. The smallest absolute Gasteiger partial charge is 0.344 e. The molecular formula is C23H23ClN4O2. The minimum atomic E-state index is -0.476. The molecule has 154 valence electrons. The van der Waals surface area contributed by atoms with Crippen molar-refractivity contribution in [3.8, 4) is 0 Å². The van der Waals surface area contributed by atoms with Crippen molar-refractivity contribution < 1.29 is 9.53 Å². The van der Waals surface area contributed by atoms with Crippen molar-refractivity contribution in [2.45, 2.75) is 32.7 Å². The van der Waals surface area contributed by atoms with Crippen molar-refractivity contribution in [1.82, 2.24) is 14.5 Å². The van der Waals surface area contributed by atoms with Gasteiger partial charge in [-0.25, -0.2) is 14.8 Å². The summed E-state index contributed by atoms with van der Waals surface area (Å²) in [5.74, 6) is -0.197. The zero-order valence-electron chi connectivity index (χ0n) is 16.8. The van der Waals surface area contributed by atoms with E-state index < -0.39 is 5.97 Å². The van der Waals surface area contributed by atoms with E-state index in [-0.39, 0.29) is 11.4 Å². The van der Waals surface area contributed by atoms with Gasteiger partial charge in [-0.2, -0.15) is 0 Å². The monoisotopic (exact) mass is 422 g/mol. The number of nitrogen functional groups attached to an aromatic ring is 1. The average molecular weight is 423 g/mol. The molecule has 30 heavy (non-hydrogen) atoms. The Morgan fingerprint density at radius 3 is 2.50 bits per heavy atom. The van der Waals surface area contributed by atoms with Crippen LogP contribution in [0, 0.1) is 0 Å². The third-order valence-electron chi connectivity index (χ3n) is 5.06. The summed E-state index contributed by atoms with van der Waals surface area (Å²) in [5.41, 5.74) is 9.98. The highest BCUT2D eigenvalue weighted by atomic mass is 35.5. The maximum atomic E-state index is 12.9. The Labute approximate surface area is 179 Å². The van der Waals surface area contributed by atoms with Crippen molar-refractivity contribution in [2.75, 3.05) is 12.3 Å². The van der Waals surface area contributed by atoms with Crippen molar-refractivity contribution in [3.05, 3.63) is 64.7 Å². The summed E-state index contributed by atoms with van der Waals surface area (Å²) in [7, 11) is 0. The maximum absolute atomic E-state index is 12.9. The van der Waals surface area contributed by atoms with Crippen LogP contribution in [0.25, 0.3) is 22.2 Å². The predicted octanol–water partition coefficient (Wildman–Crippen LogP) is 5.22. The first kappa shape index (κ1) is 20.2. The number of rotatable bonds is 7. The van der Waals surface area contributed by atoms with Gasteiger partial charge in [0.15, 0.2) is 5.65 Å². The summed E-state index contributed by atoms with van der Waals surface area (Å²) < 4.78 is 7.27. The van der Waals surface area contributed by atoms with Crippen molar-refractivity contribution >= 4 is 45.6 Å². The molecule has 4 rings (SSSR count). The van der Waals surface area contributed by atoms with Gasteiger partial charge in [-0.3, -0.25) is 0 Å². The largest absolute Gasteiger partial charge is 0.462 e. The maximum Gasteiger partial charge on any atom is 0.344 e. The number of hydrogen-bond donors (Lipinski definition) is 1. The fourth-order valence-corrected chi connectivity index (χ4v) is 3.66. The lowest BCUT2D eigenvalue weighted by atomic mass is 10.2. The van der Waals surface area contributed by atoms with E-state index in [0.29, 0.717) is 34.9 Å². The van der Waals surface area contributed by atoms with Crippen LogP contribution >= 0.6 is 11.6 Å². The number of ether oxygens (including phenoxy) is 1. The van der Waals surface area contributed by atoms with Gasteiger partial charge < -0.3 is 15.0 Å². The lowest BCUT2D eigenvalue weighted by Gasteiger charge is -2.09. The fourth-order valence-electron chi connectivity index (χ4n) is 3.46. The zero-order valence-corrected chi connectivity index (χ0v) is 17.5. The number of nitrogens with two attached hydrogens (primary N) is 1.